The van der Waals surface area contributed by atoms with Gasteiger partial charge in [-0.2, -0.15) is 0 Å². The predicted octanol–water partition coefficient (Wildman–Crippen LogP) is 8.12. The molecule has 0 aliphatic carbocycles. The lowest BCUT2D eigenvalue weighted by molar-refractivity contribution is 0.0661. The Morgan fingerprint density at radius 1 is 0.630 bits per heavy atom. The average molecular weight is 736 g/mol. The first-order valence-corrected chi connectivity index (χ1v) is 19.0. The van der Waals surface area contributed by atoms with Gasteiger partial charge in [-0.25, -0.2) is 0 Å². The zero-order valence-corrected chi connectivity index (χ0v) is 34.2. The highest BCUT2D eigenvalue weighted by molar-refractivity contribution is 6.04. The van der Waals surface area contributed by atoms with E-state index < -0.39 is 11.1 Å². The van der Waals surface area contributed by atoms with Crippen LogP contribution in [-0.4, -0.2) is 101 Å². The molecule has 1 heterocycles. The molecule has 0 aromatic heterocycles. The normalized spacial score (nSPS) is 15.1. The fourth-order valence-electron chi connectivity index (χ4n) is 7.33. The molecule has 54 heavy (non-hydrogen) atoms. The van der Waals surface area contributed by atoms with Crippen LogP contribution in [0.15, 0.2) is 91.0 Å². The first-order valence-electron chi connectivity index (χ1n) is 19.0. The van der Waals surface area contributed by atoms with Crippen molar-refractivity contribution in [1.29, 1.82) is 0 Å². The van der Waals surface area contributed by atoms with Crippen molar-refractivity contribution in [2.45, 2.75) is 64.5 Å². The molecule has 8 heteroatoms. The summed E-state index contributed by atoms with van der Waals surface area (Å²) in [5.74, 6) is 1.47. The number of ketones is 2. The van der Waals surface area contributed by atoms with Crippen molar-refractivity contribution in [3.8, 4) is 11.5 Å². The van der Waals surface area contributed by atoms with E-state index in [-0.39, 0.29) is 11.6 Å². The third-order valence-electron chi connectivity index (χ3n) is 11.1. The first kappa shape index (κ1) is 42.2. The van der Waals surface area contributed by atoms with E-state index in [1.807, 2.05) is 51.3 Å². The number of rotatable bonds is 15. The molecule has 0 saturated carbocycles. The smallest absolute Gasteiger partial charge is 0.183 e. The Kier molecular flexibility index (Phi) is 15.0. The fourth-order valence-corrected chi connectivity index (χ4v) is 7.33. The van der Waals surface area contributed by atoms with Crippen LogP contribution in [0, 0.1) is 13.8 Å². The number of carbonyl (C=O) groups is 2. The van der Waals surface area contributed by atoms with Gasteiger partial charge in [0.05, 0.1) is 38.5 Å². The van der Waals surface area contributed by atoms with Crippen LogP contribution in [0.5, 0.6) is 11.5 Å². The second kappa shape index (κ2) is 19.2. The number of carbonyl (C=O) groups excluding carboxylic acids is 2. The van der Waals surface area contributed by atoms with Crippen LogP contribution in [0.25, 0.3) is 0 Å². The number of hydrogen-bond acceptors (Lipinski definition) is 8. The first-order chi connectivity index (χ1) is 25.8. The van der Waals surface area contributed by atoms with Crippen LogP contribution >= 0.6 is 0 Å². The Hall–Kier alpha value is -4.50. The van der Waals surface area contributed by atoms with E-state index in [4.69, 9.17) is 14.2 Å². The molecule has 290 valence electrons. The number of anilines is 1. The predicted molar refractivity (Wildman–Crippen MR) is 221 cm³/mol. The Labute approximate surface area is 324 Å². The fraction of sp³-hybridized carbons (Fsp3) is 0.435. The van der Waals surface area contributed by atoms with Gasteiger partial charge in [0.25, 0.3) is 0 Å². The minimum atomic E-state index is -0.616. The zero-order valence-electron chi connectivity index (χ0n) is 34.2. The molecule has 0 spiro atoms. The minimum Gasteiger partial charge on any atom is -0.493 e. The molecule has 0 radical (unpaired) electrons. The Morgan fingerprint density at radius 3 is 1.46 bits per heavy atom. The standard InChI is InChI=1S/C24H32N2O2.C22H29NO3/c1-5-24(25(3)4,18-20-8-6-19(2)7-9-20)23(27)21-10-12-22(13-11-21)26-14-16-28-17-15-26;1-7-22(23(3)4,15-17-10-8-16(2)9-11-17)21(24)18-12-13-19(25-5)20(14-18)26-6/h6-13H,5,14-18H2,1-4H3;8-14H,7,15H2,1-6H3. The van der Waals surface area contributed by atoms with E-state index in [1.54, 1.807) is 26.4 Å². The lowest BCUT2D eigenvalue weighted by Gasteiger charge is -2.38. The topological polar surface area (TPSA) is 71.5 Å². The summed E-state index contributed by atoms with van der Waals surface area (Å²) in [5.41, 5.74) is 6.20. The van der Waals surface area contributed by atoms with Crippen molar-refractivity contribution in [2.75, 3.05) is 73.6 Å². The Bertz CT molecular complexity index is 1800. The lowest BCUT2D eigenvalue weighted by Crippen LogP contribution is -2.52. The van der Waals surface area contributed by atoms with Gasteiger partial charge in [-0.15, -0.1) is 0 Å². The molecule has 0 amide bonds. The van der Waals surface area contributed by atoms with E-state index in [9.17, 15) is 9.59 Å². The zero-order chi connectivity index (χ0) is 39.5. The second-order valence-electron chi connectivity index (χ2n) is 14.8. The highest BCUT2D eigenvalue weighted by Crippen LogP contribution is 2.33. The maximum absolute atomic E-state index is 13.6. The second-order valence-corrected chi connectivity index (χ2v) is 14.8. The van der Waals surface area contributed by atoms with Crippen molar-refractivity contribution in [2.24, 2.45) is 0 Å². The van der Waals surface area contributed by atoms with Crippen molar-refractivity contribution in [1.82, 2.24) is 9.80 Å². The molecule has 0 N–H and O–H groups in total. The van der Waals surface area contributed by atoms with Gasteiger partial charge >= 0.3 is 0 Å². The van der Waals surface area contributed by atoms with E-state index in [0.29, 0.717) is 36.3 Å². The highest BCUT2D eigenvalue weighted by atomic mass is 16.5. The number of hydrogen-bond donors (Lipinski definition) is 0. The molecule has 1 aliphatic heterocycles. The van der Waals surface area contributed by atoms with Crippen molar-refractivity contribution in [3.05, 3.63) is 124 Å². The quantitative estimate of drug-likeness (QED) is 0.114. The van der Waals surface area contributed by atoms with Gasteiger partial charge in [-0.3, -0.25) is 19.4 Å². The summed E-state index contributed by atoms with van der Waals surface area (Å²) in [4.78, 5) is 33.6. The highest BCUT2D eigenvalue weighted by Gasteiger charge is 2.41. The number of ether oxygens (including phenoxy) is 3. The third kappa shape index (κ3) is 9.78. The summed E-state index contributed by atoms with van der Waals surface area (Å²) in [7, 11) is 11.1. The number of morpholine rings is 1. The van der Waals surface area contributed by atoms with E-state index >= 15 is 0 Å². The summed E-state index contributed by atoms with van der Waals surface area (Å²) in [5, 5.41) is 0. The molecule has 1 fully saturated rings. The maximum atomic E-state index is 13.6. The van der Waals surface area contributed by atoms with Crippen LogP contribution in [-0.2, 0) is 17.6 Å². The maximum Gasteiger partial charge on any atom is 0.183 e. The Morgan fingerprint density at radius 2 is 1.06 bits per heavy atom. The molecular weight excluding hydrogens is 675 g/mol. The summed E-state index contributed by atoms with van der Waals surface area (Å²) in [6, 6.07) is 30.4. The van der Waals surface area contributed by atoms with Gasteiger partial charge in [0.2, 0.25) is 0 Å². The van der Waals surface area contributed by atoms with Gasteiger partial charge in [0.15, 0.2) is 23.1 Å². The van der Waals surface area contributed by atoms with Gasteiger partial charge < -0.3 is 19.1 Å². The lowest BCUT2D eigenvalue weighted by atomic mass is 9.80. The summed E-state index contributed by atoms with van der Waals surface area (Å²) in [6.45, 7) is 11.6. The van der Waals surface area contributed by atoms with E-state index in [2.05, 4.69) is 98.2 Å². The molecule has 2 atom stereocenters. The molecule has 1 aliphatic rings. The number of likely N-dealkylation sites (N-methyl/N-ethyl adjacent to an activating group) is 2. The molecule has 2 unspecified atom stereocenters. The minimum absolute atomic E-state index is 0.0894. The summed E-state index contributed by atoms with van der Waals surface area (Å²) >= 11 is 0. The molecule has 1 saturated heterocycles. The molecular formula is C46H61N3O5. The summed E-state index contributed by atoms with van der Waals surface area (Å²) < 4.78 is 16.1. The van der Waals surface area contributed by atoms with E-state index in [0.717, 1.165) is 49.5 Å². The largest absolute Gasteiger partial charge is 0.493 e. The monoisotopic (exact) mass is 735 g/mol. The summed E-state index contributed by atoms with van der Waals surface area (Å²) in [6.07, 6.45) is 2.84. The van der Waals surface area contributed by atoms with Gasteiger partial charge in [-0.1, -0.05) is 73.5 Å². The number of aryl methyl sites for hydroxylation is 2. The molecule has 5 rings (SSSR count). The molecule has 4 aromatic carbocycles. The van der Waals surface area contributed by atoms with Gasteiger partial charge in [0, 0.05) is 29.9 Å². The number of benzene rings is 4. The van der Waals surface area contributed by atoms with Crippen LogP contribution in [0.4, 0.5) is 5.69 Å². The number of Topliss-reactive ketones (excluding diaryl/α,β-unsaturated/α-hetero) is 2. The average Bonchev–Trinajstić information content (AvgIpc) is 3.20. The van der Waals surface area contributed by atoms with E-state index in [1.165, 1.54) is 16.7 Å². The van der Waals surface area contributed by atoms with Crippen molar-refractivity contribution < 1.29 is 23.8 Å². The van der Waals surface area contributed by atoms with Crippen LogP contribution in [0.2, 0.25) is 0 Å². The third-order valence-corrected chi connectivity index (χ3v) is 11.1. The van der Waals surface area contributed by atoms with Gasteiger partial charge in [0.1, 0.15) is 0 Å². The van der Waals surface area contributed by atoms with Crippen LogP contribution in [0.3, 0.4) is 0 Å². The van der Waals surface area contributed by atoms with Gasteiger partial charge in [-0.05, 0) is 121 Å². The number of nitrogens with zero attached hydrogens (tertiary/aromatic N) is 3. The SMILES string of the molecule is CCC(Cc1ccc(C)cc1)(C(=O)c1ccc(N2CCOCC2)cc1)N(C)C.CCC(Cc1ccc(C)cc1)(C(=O)c1ccc(OC)c(OC)c1)N(C)C. The van der Waals surface area contributed by atoms with Crippen LogP contribution < -0.4 is 14.4 Å². The molecule has 8 nitrogen and oxygen atoms in total. The van der Waals surface area contributed by atoms with Crippen molar-refractivity contribution in [3.63, 3.8) is 0 Å². The Balaban J connectivity index is 0.000000241. The molecule has 4 aromatic rings. The number of methoxy groups -OCH3 is 2. The molecule has 0 bridgehead atoms. The van der Waals surface area contributed by atoms with Crippen molar-refractivity contribution >= 4 is 17.3 Å². The van der Waals surface area contributed by atoms with Crippen LogP contribution in [0.1, 0.15) is 69.7 Å².